The molecule has 0 aliphatic rings. The fourth-order valence-electron chi connectivity index (χ4n) is 1.98. The van der Waals surface area contributed by atoms with Gasteiger partial charge in [0, 0.05) is 5.56 Å². The van der Waals surface area contributed by atoms with Crippen molar-refractivity contribution in [2.45, 2.75) is 20.3 Å². The van der Waals surface area contributed by atoms with Crippen molar-refractivity contribution in [2.24, 2.45) is 0 Å². The van der Waals surface area contributed by atoms with Crippen LogP contribution >= 0.6 is 15.9 Å². The summed E-state index contributed by atoms with van der Waals surface area (Å²) in [5, 5.41) is 0. The van der Waals surface area contributed by atoms with E-state index in [4.69, 9.17) is 4.74 Å². The number of benzene rings is 1. The largest absolute Gasteiger partial charge is 0.462 e. The second kappa shape index (κ2) is 6.80. The first-order chi connectivity index (χ1) is 10.1. The third-order valence-corrected chi connectivity index (χ3v) is 3.63. The number of pyridine rings is 1. The zero-order chi connectivity index (χ0) is 15.4. The molecule has 0 saturated carbocycles. The molecule has 1 aromatic carbocycles. The molecule has 2 aromatic rings. The fraction of sp³-hybridized carbons (Fsp3) is 0.250. The summed E-state index contributed by atoms with van der Waals surface area (Å²) in [5.74, 6) is -0.689. The van der Waals surface area contributed by atoms with Crippen LogP contribution in [0, 0.1) is 5.82 Å². The highest BCUT2D eigenvalue weighted by atomic mass is 79.9. The average Bonchev–Trinajstić information content (AvgIpc) is 2.49. The molecule has 0 radical (unpaired) electrons. The van der Waals surface area contributed by atoms with Gasteiger partial charge in [-0.05, 0) is 59.6 Å². The molecule has 21 heavy (non-hydrogen) atoms. The van der Waals surface area contributed by atoms with Crippen molar-refractivity contribution in [1.29, 1.82) is 0 Å². The van der Waals surface area contributed by atoms with E-state index in [2.05, 4.69) is 20.9 Å². The molecule has 0 amide bonds. The minimum Gasteiger partial charge on any atom is -0.462 e. The van der Waals surface area contributed by atoms with Gasteiger partial charge in [-0.15, -0.1) is 0 Å². The van der Waals surface area contributed by atoms with E-state index < -0.39 is 0 Å². The highest BCUT2D eigenvalue weighted by Crippen LogP contribution is 2.25. The first kappa shape index (κ1) is 15.6. The summed E-state index contributed by atoms with van der Waals surface area (Å²) in [6.07, 6.45) is 0.615. The van der Waals surface area contributed by atoms with Gasteiger partial charge >= 0.3 is 5.97 Å². The Labute approximate surface area is 131 Å². The van der Waals surface area contributed by atoms with Gasteiger partial charge < -0.3 is 4.74 Å². The van der Waals surface area contributed by atoms with Gasteiger partial charge in [-0.3, -0.25) is 4.98 Å². The van der Waals surface area contributed by atoms with Crippen LogP contribution in [0.2, 0.25) is 0 Å². The second-order valence-corrected chi connectivity index (χ2v) is 5.25. The monoisotopic (exact) mass is 351 g/mol. The number of hydrogen-bond acceptors (Lipinski definition) is 3. The molecule has 0 fully saturated rings. The van der Waals surface area contributed by atoms with Crippen molar-refractivity contribution in [2.75, 3.05) is 6.61 Å². The molecular formula is C16H15BrFNO2. The molecule has 1 heterocycles. The van der Waals surface area contributed by atoms with Gasteiger partial charge in [-0.2, -0.15) is 0 Å². The second-order valence-electron chi connectivity index (χ2n) is 4.39. The maximum atomic E-state index is 13.3. The lowest BCUT2D eigenvalue weighted by Crippen LogP contribution is -2.09. The topological polar surface area (TPSA) is 39.2 Å². The zero-order valence-electron chi connectivity index (χ0n) is 11.8. The van der Waals surface area contributed by atoms with E-state index in [0.717, 1.165) is 5.56 Å². The Morgan fingerprint density at radius 3 is 2.67 bits per heavy atom. The van der Waals surface area contributed by atoms with Crippen LogP contribution in [-0.2, 0) is 11.2 Å². The molecule has 0 unspecified atom stereocenters. The molecule has 0 aliphatic carbocycles. The van der Waals surface area contributed by atoms with Gasteiger partial charge in [0.2, 0.25) is 0 Å². The highest BCUT2D eigenvalue weighted by Gasteiger charge is 2.14. The zero-order valence-corrected chi connectivity index (χ0v) is 13.4. The van der Waals surface area contributed by atoms with Gasteiger partial charge in [0.25, 0.3) is 0 Å². The van der Waals surface area contributed by atoms with Gasteiger partial charge in [0.05, 0.1) is 28.0 Å². The summed E-state index contributed by atoms with van der Waals surface area (Å²) >= 11 is 3.16. The summed E-state index contributed by atoms with van der Waals surface area (Å²) < 4.78 is 18.7. The third kappa shape index (κ3) is 3.47. The van der Waals surface area contributed by atoms with E-state index in [9.17, 15) is 9.18 Å². The molecule has 1 aromatic heterocycles. The van der Waals surface area contributed by atoms with Gasteiger partial charge in [-0.25, -0.2) is 9.18 Å². The number of carbonyl (C=O) groups is 1. The molecule has 2 rings (SSSR count). The van der Waals surface area contributed by atoms with Gasteiger partial charge in [0.15, 0.2) is 0 Å². The van der Waals surface area contributed by atoms with E-state index in [1.165, 1.54) is 6.07 Å². The Balaban J connectivity index is 2.42. The minimum absolute atomic E-state index is 0.322. The van der Waals surface area contributed by atoms with Gasteiger partial charge in [-0.1, -0.05) is 6.92 Å². The SMILES string of the molecule is CCOC(=O)c1ccc(-c2ccc(F)c(Br)c2)nc1CC. The Morgan fingerprint density at radius 2 is 2.05 bits per heavy atom. The van der Waals surface area contributed by atoms with Crippen molar-refractivity contribution >= 4 is 21.9 Å². The van der Waals surface area contributed by atoms with E-state index >= 15 is 0 Å². The number of ether oxygens (including phenoxy) is 1. The number of nitrogens with zero attached hydrogens (tertiary/aromatic N) is 1. The lowest BCUT2D eigenvalue weighted by Gasteiger charge is -2.09. The molecule has 0 spiro atoms. The smallest absolute Gasteiger partial charge is 0.339 e. The third-order valence-electron chi connectivity index (χ3n) is 3.02. The van der Waals surface area contributed by atoms with E-state index in [1.807, 2.05) is 6.92 Å². The number of hydrogen-bond donors (Lipinski definition) is 0. The summed E-state index contributed by atoms with van der Waals surface area (Å²) in [6.45, 7) is 4.02. The number of carbonyl (C=O) groups excluding carboxylic acids is 1. The molecule has 110 valence electrons. The van der Waals surface area contributed by atoms with Crippen molar-refractivity contribution in [3.63, 3.8) is 0 Å². The highest BCUT2D eigenvalue weighted by molar-refractivity contribution is 9.10. The van der Waals surface area contributed by atoms with Crippen molar-refractivity contribution in [1.82, 2.24) is 4.98 Å². The molecule has 0 atom stereocenters. The van der Waals surface area contributed by atoms with Crippen LogP contribution in [0.4, 0.5) is 4.39 Å². The van der Waals surface area contributed by atoms with Crippen LogP contribution in [0.15, 0.2) is 34.8 Å². The maximum absolute atomic E-state index is 13.3. The predicted octanol–water partition coefficient (Wildman–Crippen LogP) is 4.39. The Morgan fingerprint density at radius 1 is 1.29 bits per heavy atom. The molecule has 0 aliphatic heterocycles. The number of aryl methyl sites for hydroxylation is 1. The average molecular weight is 352 g/mol. The van der Waals surface area contributed by atoms with Crippen LogP contribution < -0.4 is 0 Å². The van der Waals surface area contributed by atoms with Gasteiger partial charge in [0.1, 0.15) is 5.82 Å². The molecular weight excluding hydrogens is 337 g/mol. The quantitative estimate of drug-likeness (QED) is 0.766. The standard InChI is InChI=1S/C16H15BrFNO2/c1-3-14-11(16(20)21-4-2)6-8-15(19-14)10-5-7-13(18)12(17)9-10/h5-9H,3-4H2,1-2H3. The van der Waals surface area contributed by atoms with Crippen LogP contribution in [0.1, 0.15) is 29.9 Å². The first-order valence-electron chi connectivity index (χ1n) is 6.69. The Bertz CT molecular complexity index is 673. The van der Waals surface area contributed by atoms with Crippen molar-refractivity contribution in [3.05, 3.63) is 51.9 Å². The molecule has 3 nitrogen and oxygen atoms in total. The van der Waals surface area contributed by atoms with Crippen molar-refractivity contribution < 1.29 is 13.9 Å². The lowest BCUT2D eigenvalue weighted by molar-refractivity contribution is 0.0524. The Kier molecular flexibility index (Phi) is 5.07. The normalized spacial score (nSPS) is 10.5. The number of rotatable bonds is 4. The van der Waals surface area contributed by atoms with Crippen molar-refractivity contribution in [3.8, 4) is 11.3 Å². The lowest BCUT2D eigenvalue weighted by atomic mass is 10.1. The van der Waals surface area contributed by atoms with Crippen LogP contribution in [0.5, 0.6) is 0 Å². The fourth-order valence-corrected chi connectivity index (χ4v) is 2.36. The minimum atomic E-state index is -0.367. The Hall–Kier alpha value is -1.75. The number of esters is 1. The summed E-state index contributed by atoms with van der Waals surface area (Å²) in [7, 11) is 0. The molecule has 0 saturated heterocycles. The van der Waals surface area contributed by atoms with Crippen LogP contribution in [-0.4, -0.2) is 17.6 Å². The molecule has 0 bridgehead atoms. The first-order valence-corrected chi connectivity index (χ1v) is 7.48. The predicted molar refractivity (Wildman–Crippen MR) is 82.7 cm³/mol. The summed E-state index contributed by atoms with van der Waals surface area (Å²) in [5.41, 5.74) is 2.63. The van der Waals surface area contributed by atoms with Crippen LogP contribution in [0.25, 0.3) is 11.3 Å². The maximum Gasteiger partial charge on any atom is 0.339 e. The molecule has 0 N–H and O–H groups in total. The number of halogens is 2. The summed E-state index contributed by atoms with van der Waals surface area (Å²) in [4.78, 5) is 16.3. The number of aromatic nitrogens is 1. The van der Waals surface area contributed by atoms with E-state index in [0.29, 0.717) is 34.5 Å². The summed E-state index contributed by atoms with van der Waals surface area (Å²) in [6, 6.07) is 8.15. The molecule has 5 heteroatoms. The van der Waals surface area contributed by atoms with E-state index in [-0.39, 0.29) is 11.8 Å². The van der Waals surface area contributed by atoms with Crippen LogP contribution in [0.3, 0.4) is 0 Å². The van der Waals surface area contributed by atoms with E-state index in [1.54, 1.807) is 31.2 Å².